The van der Waals surface area contributed by atoms with Crippen LogP contribution in [-0.4, -0.2) is 12.3 Å². The van der Waals surface area contributed by atoms with Crippen molar-refractivity contribution in [1.29, 1.82) is 0 Å². The van der Waals surface area contributed by atoms with Crippen molar-refractivity contribution < 1.29 is 4.79 Å². The predicted octanol–water partition coefficient (Wildman–Crippen LogP) is 2.51. The van der Waals surface area contributed by atoms with Crippen LogP contribution in [0.4, 0.5) is 0 Å². The van der Waals surface area contributed by atoms with E-state index in [9.17, 15) is 4.79 Å². The molecular formula is C12H23NO. The Hall–Kier alpha value is -0.370. The highest BCUT2D eigenvalue weighted by Crippen LogP contribution is 2.33. The van der Waals surface area contributed by atoms with Crippen molar-refractivity contribution in [3.8, 4) is 0 Å². The van der Waals surface area contributed by atoms with E-state index in [-0.39, 0.29) is 0 Å². The largest absolute Gasteiger partial charge is 0.330 e. The molecule has 0 aromatic rings. The van der Waals surface area contributed by atoms with E-state index in [4.69, 9.17) is 5.73 Å². The SMILES string of the molecule is CCC(CCN)CCC(=O)CC1CC1. The van der Waals surface area contributed by atoms with Crippen LogP contribution < -0.4 is 5.73 Å². The van der Waals surface area contributed by atoms with E-state index in [0.717, 1.165) is 44.6 Å². The van der Waals surface area contributed by atoms with Gasteiger partial charge in [-0.05, 0) is 44.1 Å². The summed E-state index contributed by atoms with van der Waals surface area (Å²) in [5.41, 5.74) is 5.52. The van der Waals surface area contributed by atoms with Gasteiger partial charge in [0.25, 0.3) is 0 Å². The number of carbonyl (C=O) groups is 1. The van der Waals surface area contributed by atoms with Crippen LogP contribution in [-0.2, 0) is 4.79 Å². The van der Waals surface area contributed by atoms with Gasteiger partial charge in [-0.15, -0.1) is 0 Å². The summed E-state index contributed by atoms with van der Waals surface area (Å²) in [5, 5.41) is 0. The predicted molar refractivity (Wildman–Crippen MR) is 59.0 cm³/mol. The van der Waals surface area contributed by atoms with Gasteiger partial charge in [0.2, 0.25) is 0 Å². The van der Waals surface area contributed by atoms with Crippen molar-refractivity contribution in [3.63, 3.8) is 0 Å². The van der Waals surface area contributed by atoms with Crippen molar-refractivity contribution in [1.82, 2.24) is 0 Å². The third-order valence-electron chi connectivity index (χ3n) is 3.20. The molecule has 1 aliphatic rings. The lowest BCUT2D eigenvalue weighted by Crippen LogP contribution is -2.10. The molecule has 0 aromatic heterocycles. The van der Waals surface area contributed by atoms with Gasteiger partial charge in [0.05, 0.1) is 0 Å². The first-order valence-electron chi connectivity index (χ1n) is 5.98. The zero-order chi connectivity index (χ0) is 10.4. The summed E-state index contributed by atoms with van der Waals surface area (Å²) in [5.74, 6) is 1.89. The number of Topliss-reactive ketones (excluding diaryl/α,β-unsaturated/α-hetero) is 1. The zero-order valence-corrected chi connectivity index (χ0v) is 9.30. The minimum atomic E-state index is 0.475. The van der Waals surface area contributed by atoms with Crippen molar-refractivity contribution >= 4 is 5.78 Å². The van der Waals surface area contributed by atoms with Crippen molar-refractivity contribution in [3.05, 3.63) is 0 Å². The monoisotopic (exact) mass is 197 g/mol. The molecule has 14 heavy (non-hydrogen) atoms. The van der Waals surface area contributed by atoms with Crippen molar-refractivity contribution in [2.75, 3.05) is 6.54 Å². The lowest BCUT2D eigenvalue weighted by atomic mass is 9.94. The van der Waals surface area contributed by atoms with Gasteiger partial charge in [0.15, 0.2) is 0 Å². The summed E-state index contributed by atoms with van der Waals surface area (Å²) in [7, 11) is 0. The smallest absolute Gasteiger partial charge is 0.133 e. The average Bonchev–Trinajstić information content (AvgIpc) is 2.96. The highest BCUT2D eigenvalue weighted by atomic mass is 16.1. The zero-order valence-electron chi connectivity index (χ0n) is 9.30. The molecule has 1 fully saturated rings. The fourth-order valence-corrected chi connectivity index (χ4v) is 1.90. The van der Waals surface area contributed by atoms with Crippen LogP contribution >= 0.6 is 0 Å². The number of nitrogens with two attached hydrogens (primary N) is 1. The third kappa shape index (κ3) is 4.75. The molecule has 2 N–H and O–H groups in total. The Labute approximate surface area is 87.2 Å². The van der Waals surface area contributed by atoms with E-state index in [2.05, 4.69) is 6.92 Å². The number of rotatable bonds is 8. The van der Waals surface area contributed by atoms with Gasteiger partial charge in [-0.2, -0.15) is 0 Å². The summed E-state index contributed by atoms with van der Waals surface area (Å²) in [6.45, 7) is 2.95. The van der Waals surface area contributed by atoms with Gasteiger partial charge in [0, 0.05) is 12.8 Å². The molecule has 1 atom stereocenters. The Balaban J connectivity index is 2.06. The van der Waals surface area contributed by atoms with Crippen LogP contribution in [0.2, 0.25) is 0 Å². The van der Waals surface area contributed by atoms with E-state index >= 15 is 0 Å². The first-order valence-corrected chi connectivity index (χ1v) is 5.98. The highest BCUT2D eigenvalue weighted by molar-refractivity contribution is 5.78. The highest BCUT2D eigenvalue weighted by Gasteiger charge is 2.24. The lowest BCUT2D eigenvalue weighted by molar-refractivity contribution is -0.119. The van der Waals surface area contributed by atoms with Crippen LogP contribution in [0.3, 0.4) is 0 Å². The maximum absolute atomic E-state index is 11.5. The van der Waals surface area contributed by atoms with E-state index in [0.29, 0.717) is 11.7 Å². The van der Waals surface area contributed by atoms with Crippen molar-refractivity contribution in [2.24, 2.45) is 17.6 Å². The number of hydrogen-bond acceptors (Lipinski definition) is 2. The Morgan fingerprint density at radius 1 is 1.43 bits per heavy atom. The first kappa shape index (κ1) is 11.7. The Morgan fingerprint density at radius 2 is 2.14 bits per heavy atom. The van der Waals surface area contributed by atoms with E-state index < -0.39 is 0 Å². The van der Waals surface area contributed by atoms with E-state index in [1.54, 1.807) is 0 Å². The van der Waals surface area contributed by atoms with Gasteiger partial charge in [-0.1, -0.05) is 13.3 Å². The number of carbonyl (C=O) groups excluding carboxylic acids is 1. The molecule has 0 heterocycles. The second kappa shape index (κ2) is 6.18. The fourth-order valence-electron chi connectivity index (χ4n) is 1.90. The molecule has 0 saturated heterocycles. The summed E-state index contributed by atoms with van der Waals surface area (Å²) >= 11 is 0. The maximum atomic E-state index is 11.5. The standard InChI is InChI=1S/C12H23NO/c1-2-10(7-8-13)5-6-12(14)9-11-3-4-11/h10-11H,2-9,13H2,1H3. The van der Waals surface area contributed by atoms with Crippen molar-refractivity contribution in [2.45, 2.75) is 51.9 Å². The maximum Gasteiger partial charge on any atom is 0.133 e. The molecule has 0 aromatic carbocycles. The molecule has 1 unspecified atom stereocenters. The normalized spacial score (nSPS) is 18.1. The number of ketones is 1. The Kier molecular flexibility index (Phi) is 5.16. The minimum Gasteiger partial charge on any atom is -0.330 e. The topological polar surface area (TPSA) is 43.1 Å². The molecule has 82 valence electrons. The molecule has 0 bridgehead atoms. The van der Waals surface area contributed by atoms with Crippen LogP contribution in [0.15, 0.2) is 0 Å². The second-order valence-electron chi connectivity index (χ2n) is 4.58. The van der Waals surface area contributed by atoms with E-state index in [1.165, 1.54) is 12.8 Å². The third-order valence-corrected chi connectivity index (χ3v) is 3.20. The summed E-state index contributed by atoms with van der Waals surface area (Å²) in [6.07, 6.45) is 7.49. The van der Waals surface area contributed by atoms with Gasteiger partial charge in [0.1, 0.15) is 5.78 Å². The molecule has 0 radical (unpaired) electrons. The summed E-state index contributed by atoms with van der Waals surface area (Å²) in [6, 6.07) is 0. The summed E-state index contributed by atoms with van der Waals surface area (Å²) in [4.78, 5) is 11.5. The molecule has 1 rings (SSSR count). The first-order chi connectivity index (χ1) is 6.76. The molecule has 2 nitrogen and oxygen atoms in total. The summed E-state index contributed by atoms with van der Waals surface area (Å²) < 4.78 is 0. The minimum absolute atomic E-state index is 0.475. The average molecular weight is 197 g/mol. The quantitative estimate of drug-likeness (QED) is 0.649. The fraction of sp³-hybridized carbons (Fsp3) is 0.917. The molecule has 1 saturated carbocycles. The van der Waals surface area contributed by atoms with Crippen LogP contribution in [0.25, 0.3) is 0 Å². The Bertz CT molecular complexity index is 175. The van der Waals surface area contributed by atoms with Gasteiger partial charge in [-0.3, -0.25) is 4.79 Å². The van der Waals surface area contributed by atoms with Crippen LogP contribution in [0, 0.1) is 11.8 Å². The van der Waals surface area contributed by atoms with Crippen LogP contribution in [0.5, 0.6) is 0 Å². The Morgan fingerprint density at radius 3 is 2.64 bits per heavy atom. The number of hydrogen-bond donors (Lipinski definition) is 1. The van der Waals surface area contributed by atoms with E-state index in [1.807, 2.05) is 0 Å². The molecule has 0 spiro atoms. The van der Waals surface area contributed by atoms with Gasteiger partial charge in [-0.25, -0.2) is 0 Å². The molecule has 0 amide bonds. The van der Waals surface area contributed by atoms with Gasteiger partial charge >= 0.3 is 0 Å². The molecule has 2 heteroatoms. The molecule has 0 aliphatic heterocycles. The second-order valence-corrected chi connectivity index (χ2v) is 4.58. The van der Waals surface area contributed by atoms with Crippen LogP contribution in [0.1, 0.15) is 51.9 Å². The molecular weight excluding hydrogens is 174 g/mol. The van der Waals surface area contributed by atoms with Gasteiger partial charge < -0.3 is 5.73 Å². The lowest BCUT2D eigenvalue weighted by Gasteiger charge is -2.12. The molecule has 1 aliphatic carbocycles.